The summed E-state index contributed by atoms with van der Waals surface area (Å²) in [6, 6.07) is 10.6. The van der Waals surface area contributed by atoms with Crippen molar-refractivity contribution in [3.8, 4) is 5.75 Å². The molecule has 0 saturated heterocycles. The molecule has 0 radical (unpaired) electrons. The summed E-state index contributed by atoms with van der Waals surface area (Å²) in [6.45, 7) is 1.60. The molecular formula is C17H15Cl2N3O3. The first-order chi connectivity index (χ1) is 11.8. The number of benzene rings is 2. The Balaban J connectivity index is 1.93. The molecule has 0 heterocycles. The molecule has 2 amide bonds. The lowest BCUT2D eigenvalue weighted by atomic mass is 10.2. The maximum atomic E-state index is 12.0. The van der Waals surface area contributed by atoms with Gasteiger partial charge in [0.25, 0.3) is 5.91 Å². The number of carbonyl (C=O) groups is 2. The summed E-state index contributed by atoms with van der Waals surface area (Å²) in [5, 5.41) is 16.7. The number of carbonyl (C=O) groups excluding carboxylic acids is 2. The molecule has 2 aromatic rings. The summed E-state index contributed by atoms with van der Waals surface area (Å²) >= 11 is 11.8. The number of phenolic OH excluding ortho intramolecular Hbond substituents is 1. The Morgan fingerprint density at radius 3 is 2.64 bits per heavy atom. The van der Waals surface area contributed by atoms with Gasteiger partial charge in [-0.05, 0) is 43.3 Å². The molecule has 0 saturated carbocycles. The maximum absolute atomic E-state index is 12.0. The molecule has 8 heteroatoms. The number of halogens is 2. The zero-order valence-corrected chi connectivity index (χ0v) is 14.7. The van der Waals surface area contributed by atoms with Crippen molar-refractivity contribution in [3.63, 3.8) is 0 Å². The van der Waals surface area contributed by atoms with Crippen LogP contribution in [0.25, 0.3) is 0 Å². The molecule has 0 fully saturated rings. The molecule has 0 spiro atoms. The zero-order valence-electron chi connectivity index (χ0n) is 13.2. The van der Waals surface area contributed by atoms with E-state index in [1.54, 1.807) is 25.1 Å². The molecule has 0 unspecified atom stereocenters. The monoisotopic (exact) mass is 379 g/mol. The van der Waals surface area contributed by atoms with Crippen molar-refractivity contribution in [2.75, 3.05) is 5.32 Å². The minimum absolute atomic E-state index is 0.0221. The SMILES string of the molecule is C/C(CC(=O)Nc1cc(Cl)ccc1Cl)=N/NC(=O)c1cccc(O)c1. The average Bonchev–Trinajstić information content (AvgIpc) is 2.56. The fraction of sp³-hybridized carbons (Fsp3) is 0.118. The van der Waals surface area contributed by atoms with Crippen LogP contribution in [0.4, 0.5) is 5.69 Å². The fourth-order valence-electron chi connectivity index (χ4n) is 1.92. The second-order valence-corrected chi connectivity index (χ2v) is 6.03. The third-order valence-electron chi connectivity index (χ3n) is 3.08. The number of hydrazone groups is 1. The lowest BCUT2D eigenvalue weighted by Crippen LogP contribution is -2.21. The summed E-state index contributed by atoms with van der Waals surface area (Å²) in [6.07, 6.45) is -0.0385. The van der Waals surface area contributed by atoms with Crippen LogP contribution >= 0.6 is 23.2 Å². The van der Waals surface area contributed by atoms with E-state index >= 15 is 0 Å². The predicted molar refractivity (Wildman–Crippen MR) is 98.4 cm³/mol. The highest BCUT2D eigenvalue weighted by Crippen LogP contribution is 2.25. The average molecular weight is 380 g/mol. The van der Waals surface area contributed by atoms with Crippen molar-refractivity contribution in [3.05, 3.63) is 58.1 Å². The van der Waals surface area contributed by atoms with Gasteiger partial charge in [-0.2, -0.15) is 5.10 Å². The van der Waals surface area contributed by atoms with Crippen molar-refractivity contribution < 1.29 is 14.7 Å². The highest BCUT2D eigenvalue weighted by atomic mass is 35.5. The van der Waals surface area contributed by atoms with E-state index in [1.165, 1.54) is 24.3 Å². The Kier molecular flexibility index (Phi) is 6.38. The van der Waals surface area contributed by atoms with Crippen LogP contribution in [-0.2, 0) is 4.79 Å². The van der Waals surface area contributed by atoms with Crippen molar-refractivity contribution in [1.82, 2.24) is 5.43 Å². The first-order valence-electron chi connectivity index (χ1n) is 7.22. The van der Waals surface area contributed by atoms with Crippen molar-refractivity contribution in [1.29, 1.82) is 0 Å². The number of rotatable bonds is 5. The van der Waals surface area contributed by atoms with E-state index in [-0.39, 0.29) is 23.6 Å². The quantitative estimate of drug-likeness (QED) is 0.544. The lowest BCUT2D eigenvalue weighted by Gasteiger charge is -2.08. The zero-order chi connectivity index (χ0) is 18.4. The summed E-state index contributed by atoms with van der Waals surface area (Å²) in [5.41, 5.74) is 3.37. The normalized spacial score (nSPS) is 11.1. The second kappa shape index (κ2) is 8.50. The standard InChI is InChI=1S/C17H15Cl2N3O3/c1-10(21-22-17(25)11-3-2-4-13(23)8-11)7-16(24)20-15-9-12(18)5-6-14(15)19/h2-6,8-9,23H,7H2,1H3,(H,20,24)(H,22,25)/b21-10-. The van der Waals surface area contributed by atoms with Crippen LogP contribution in [0.1, 0.15) is 23.7 Å². The van der Waals surface area contributed by atoms with Gasteiger partial charge in [0.2, 0.25) is 5.91 Å². The number of aromatic hydroxyl groups is 1. The van der Waals surface area contributed by atoms with Crippen LogP contribution in [0.2, 0.25) is 10.0 Å². The first kappa shape index (κ1) is 18.8. The smallest absolute Gasteiger partial charge is 0.271 e. The molecule has 0 bridgehead atoms. The molecule has 3 N–H and O–H groups in total. The number of nitrogens with one attached hydrogen (secondary N) is 2. The highest BCUT2D eigenvalue weighted by molar-refractivity contribution is 6.35. The number of hydrogen-bond donors (Lipinski definition) is 3. The Labute approximate surface area is 154 Å². The third kappa shape index (κ3) is 5.77. The third-order valence-corrected chi connectivity index (χ3v) is 3.64. The molecule has 25 heavy (non-hydrogen) atoms. The van der Waals surface area contributed by atoms with Crippen LogP contribution in [0.5, 0.6) is 5.75 Å². The topological polar surface area (TPSA) is 90.8 Å². The number of amides is 2. The number of anilines is 1. The molecule has 6 nitrogen and oxygen atoms in total. The molecule has 0 aliphatic heterocycles. The largest absolute Gasteiger partial charge is 0.508 e. The summed E-state index contributed by atoms with van der Waals surface area (Å²) in [7, 11) is 0. The van der Waals surface area contributed by atoms with Crippen LogP contribution in [-0.4, -0.2) is 22.6 Å². The van der Waals surface area contributed by atoms with E-state index in [9.17, 15) is 14.7 Å². The van der Waals surface area contributed by atoms with Gasteiger partial charge in [0.15, 0.2) is 0 Å². The van der Waals surface area contributed by atoms with Gasteiger partial charge in [0, 0.05) is 16.3 Å². The van der Waals surface area contributed by atoms with Crippen LogP contribution in [0.3, 0.4) is 0 Å². The summed E-state index contributed by atoms with van der Waals surface area (Å²) in [5.74, 6) is -0.864. The van der Waals surface area contributed by atoms with Gasteiger partial charge in [0.05, 0.1) is 17.1 Å². The van der Waals surface area contributed by atoms with E-state index in [2.05, 4.69) is 15.8 Å². The van der Waals surface area contributed by atoms with Crippen molar-refractivity contribution in [2.24, 2.45) is 5.10 Å². The van der Waals surface area contributed by atoms with Gasteiger partial charge in [-0.25, -0.2) is 5.43 Å². The minimum atomic E-state index is -0.492. The van der Waals surface area contributed by atoms with Crippen molar-refractivity contribution >= 4 is 46.4 Å². The van der Waals surface area contributed by atoms with Gasteiger partial charge in [-0.1, -0.05) is 29.3 Å². The van der Waals surface area contributed by atoms with E-state index in [0.29, 0.717) is 21.4 Å². The lowest BCUT2D eigenvalue weighted by molar-refractivity contribution is -0.115. The summed E-state index contributed by atoms with van der Waals surface area (Å²) < 4.78 is 0. The van der Waals surface area contributed by atoms with E-state index in [4.69, 9.17) is 23.2 Å². The highest BCUT2D eigenvalue weighted by Gasteiger charge is 2.09. The Bertz CT molecular complexity index is 838. The fourth-order valence-corrected chi connectivity index (χ4v) is 2.25. The van der Waals surface area contributed by atoms with Gasteiger partial charge in [-0.3, -0.25) is 9.59 Å². The van der Waals surface area contributed by atoms with E-state index in [1.807, 2.05) is 0 Å². The number of phenols is 1. The van der Waals surface area contributed by atoms with E-state index in [0.717, 1.165) is 0 Å². The Morgan fingerprint density at radius 2 is 1.92 bits per heavy atom. The minimum Gasteiger partial charge on any atom is -0.508 e. The maximum Gasteiger partial charge on any atom is 0.271 e. The van der Waals surface area contributed by atoms with E-state index < -0.39 is 5.91 Å². The van der Waals surface area contributed by atoms with Gasteiger partial charge in [0.1, 0.15) is 5.75 Å². The van der Waals surface area contributed by atoms with Gasteiger partial charge in [-0.15, -0.1) is 0 Å². The molecule has 130 valence electrons. The number of nitrogens with zero attached hydrogens (tertiary/aromatic N) is 1. The molecule has 2 rings (SSSR count). The Hall–Kier alpha value is -2.57. The molecular weight excluding hydrogens is 365 g/mol. The molecule has 0 atom stereocenters. The molecule has 0 aromatic heterocycles. The van der Waals surface area contributed by atoms with Gasteiger partial charge >= 0.3 is 0 Å². The second-order valence-electron chi connectivity index (χ2n) is 5.19. The first-order valence-corrected chi connectivity index (χ1v) is 7.98. The van der Waals surface area contributed by atoms with Crippen LogP contribution in [0, 0.1) is 0 Å². The van der Waals surface area contributed by atoms with Crippen LogP contribution in [0.15, 0.2) is 47.6 Å². The molecule has 0 aliphatic rings. The molecule has 0 aliphatic carbocycles. The van der Waals surface area contributed by atoms with Crippen LogP contribution < -0.4 is 10.7 Å². The Morgan fingerprint density at radius 1 is 1.16 bits per heavy atom. The van der Waals surface area contributed by atoms with Crippen molar-refractivity contribution in [2.45, 2.75) is 13.3 Å². The summed E-state index contributed by atoms with van der Waals surface area (Å²) in [4.78, 5) is 23.9. The number of hydrogen-bond acceptors (Lipinski definition) is 4. The molecule has 2 aromatic carbocycles. The van der Waals surface area contributed by atoms with Gasteiger partial charge < -0.3 is 10.4 Å². The predicted octanol–water partition coefficient (Wildman–Crippen LogP) is 3.83.